The second-order valence-corrected chi connectivity index (χ2v) is 5.57. The van der Waals surface area contributed by atoms with Crippen LogP contribution in [0.4, 0.5) is 5.82 Å². The number of nitrogens with one attached hydrogen (secondary N) is 1. The molecule has 1 aromatic heterocycles. The van der Waals surface area contributed by atoms with Crippen LogP contribution in [0.15, 0.2) is 6.07 Å². The van der Waals surface area contributed by atoms with Gasteiger partial charge >= 0.3 is 0 Å². The first kappa shape index (κ1) is 12.6. The number of halogens is 1. The fraction of sp³-hybridized carbons (Fsp3) is 0.692. The van der Waals surface area contributed by atoms with Gasteiger partial charge in [0.1, 0.15) is 11.6 Å². The summed E-state index contributed by atoms with van der Waals surface area (Å²) in [6, 6.07) is 2.00. The van der Waals surface area contributed by atoms with Gasteiger partial charge in [-0.3, -0.25) is 0 Å². The predicted octanol–water partition coefficient (Wildman–Crippen LogP) is 3.48. The van der Waals surface area contributed by atoms with Gasteiger partial charge in [0, 0.05) is 23.6 Å². The van der Waals surface area contributed by atoms with Crippen LogP contribution in [-0.2, 0) is 0 Å². The zero-order valence-electron chi connectivity index (χ0n) is 10.8. The Labute approximate surface area is 108 Å². The van der Waals surface area contributed by atoms with Gasteiger partial charge in [-0.25, -0.2) is 9.97 Å². The first-order chi connectivity index (χ1) is 8.04. The SMILES string of the molecule is Cc1cc(NC2(CCl)CCC2)nc(C(C)C)n1. The van der Waals surface area contributed by atoms with Crippen molar-refractivity contribution >= 4 is 17.4 Å². The van der Waals surface area contributed by atoms with E-state index in [4.69, 9.17) is 11.6 Å². The Morgan fingerprint density at radius 3 is 2.59 bits per heavy atom. The summed E-state index contributed by atoms with van der Waals surface area (Å²) in [5.74, 6) is 2.81. The number of hydrogen-bond donors (Lipinski definition) is 1. The van der Waals surface area contributed by atoms with Crippen LogP contribution in [0.5, 0.6) is 0 Å². The van der Waals surface area contributed by atoms with E-state index in [9.17, 15) is 0 Å². The third-order valence-corrected chi connectivity index (χ3v) is 3.86. The Morgan fingerprint density at radius 2 is 2.12 bits per heavy atom. The highest BCUT2D eigenvalue weighted by atomic mass is 35.5. The molecule has 0 aliphatic heterocycles. The summed E-state index contributed by atoms with van der Waals surface area (Å²) in [5.41, 5.74) is 1.08. The number of aromatic nitrogens is 2. The third-order valence-electron chi connectivity index (χ3n) is 3.35. The molecule has 4 heteroatoms. The molecule has 0 amide bonds. The molecular formula is C13H20ClN3. The minimum Gasteiger partial charge on any atom is -0.363 e. The first-order valence-electron chi connectivity index (χ1n) is 6.24. The molecule has 0 aromatic carbocycles. The topological polar surface area (TPSA) is 37.8 Å². The van der Waals surface area contributed by atoms with Gasteiger partial charge in [0.05, 0.1) is 5.54 Å². The van der Waals surface area contributed by atoms with Gasteiger partial charge in [-0.15, -0.1) is 11.6 Å². The maximum absolute atomic E-state index is 6.05. The van der Waals surface area contributed by atoms with E-state index in [-0.39, 0.29) is 5.54 Å². The number of nitrogens with zero attached hydrogens (tertiary/aromatic N) is 2. The molecule has 1 saturated carbocycles. The van der Waals surface area contributed by atoms with Crippen LogP contribution >= 0.6 is 11.6 Å². The van der Waals surface area contributed by atoms with E-state index >= 15 is 0 Å². The standard InChI is InChI=1S/C13H20ClN3/c1-9(2)12-15-10(3)7-11(16-12)17-13(8-14)5-4-6-13/h7,9H,4-6,8H2,1-3H3,(H,15,16,17). The van der Waals surface area contributed by atoms with Gasteiger partial charge in [0.25, 0.3) is 0 Å². The quantitative estimate of drug-likeness (QED) is 0.835. The lowest BCUT2D eigenvalue weighted by atomic mass is 9.78. The number of anilines is 1. The van der Waals surface area contributed by atoms with Crippen molar-refractivity contribution in [3.63, 3.8) is 0 Å². The average molecular weight is 254 g/mol. The van der Waals surface area contributed by atoms with Crippen molar-refractivity contribution in [3.8, 4) is 0 Å². The predicted molar refractivity (Wildman–Crippen MR) is 71.8 cm³/mol. The van der Waals surface area contributed by atoms with Crippen LogP contribution < -0.4 is 5.32 Å². The van der Waals surface area contributed by atoms with E-state index in [1.54, 1.807) is 0 Å². The van der Waals surface area contributed by atoms with Crippen molar-refractivity contribution in [2.75, 3.05) is 11.2 Å². The molecule has 17 heavy (non-hydrogen) atoms. The highest BCUT2D eigenvalue weighted by molar-refractivity contribution is 6.19. The molecule has 1 aliphatic rings. The van der Waals surface area contributed by atoms with Crippen molar-refractivity contribution in [1.29, 1.82) is 0 Å². The zero-order chi connectivity index (χ0) is 12.5. The molecule has 2 rings (SSSR count). The molecule has 0 unspecified atom stereocenters. The molecular weight excluding hydrogens is 234 g/mol. The molecule has 0 bridgehead atoms. The molecule has 0 saturated heterocycles. The zero-order valence-corrected chi connectivity index (χ0v) is 11.5. The molecule has 1 heterocycles. The summed E-state index contributed by atoms with van der Waals surface area (Å²) in [6.07, 6.45) is 3.52. The van der Waals surface area contributed by atoms with E-state index in [1.165, 1.54) is 6.42 Å². The number of alkyl halides is 1. The fourth-order valence-corrected chi connectivity index (χ4v) is 2.42. The maximum atomic E-state index is 6.05. The van der Waals surface area contributed by atoms with Crippen LogP contribution in [0.1, 0.15) is 50.5 Å². The van der Waals surface area contributed by atoms with Gasteiger partial charge in [-0.2, -0.15) is 0 Å². The van der Waals surface area contributed by atoms with Crippen molar-refractivity contribution < 1.29 is 0 Å². The molecule has 1 N–H and O–H groups in total. The molecule has 0 atom stereocenters. The van der Waals surface area contributed by atoms with Gasteiger partial charge in [0.2, 0.25) is 0 Å². The van der Waals surface area contributed by atoms with Crippen LogP contribution in [0.25, 0.3) is 0 Å². The van der Waals surface area contributed by atoms with Crippen molar-refractivity contribution in [1.82, 2.24) is 9.97 Å². The Bertz CT molecular complexity index is 394. The summed E-state index contributed by atoms with van der Waals surface area (Å²) >= 11 is 6.05. The molecule has 1 aliphatic carbocycles. The summed E-state index contributed by atoms with van der Waals surface area (Å²) < 4.78 is 0. The largest absolute Gasteiger partial charge is 0.363 e. The first-order valence-corrected chi connectivity index (χ1v) is 6.78. The Kier molecular flexibility index (Phi) is 3.57. The van der Waals surface area contributed by atoms with E-state index in [1.807, 2.05) is 13.0 Å². The van der Waals surface area contributed by atoms with Gasteiger partial charge < -0.3 is 5.32 Å². The third kappa shape index (κ3) is 2.71. The second kappa shape index (κ2) is 4.81. The highest BCUT2D eigenvalue weighted by Crippen LogP contribution is 2.36. The maximum Gasteiger partial charge on any atom is 0.133 e. The van der Waals surface area contributed by atoms with Crippen LogP contribution in [0.3, 0.4) is 0 Å². The van der Waals surface area contributed by atoms with E-state index in [2.05, 4.69) is 29.1 Å². The summed E-state index contributed by atoms with van der Waals surface area (Å²) in [7, 11) is 0. The van der Waals surface area contributed by atoms with Crippen molar-refractivity contribution in [2.24, 2.45) is 0 Å². The molecule has 1 aromatic rings. The van der Waals surface area contributed by atoms with Gasteiger partial charge in [0.15, 0.2) is 0 Å². The molecule has 1 fully saturated rings. The van der Waals surface area contributed by atoms with E-state index in [0.29, 0.717) is 11.8 Å². The highest BCUT2D eigenvalue weighted by Gasteiger charge is 2.36. The van der Waals surface area contributed by atoms with Crippen LogP contribution in [-0.4, -0.2) is 21.4 Å². The number of hydrogen-bond acceptors (Lipinski definition) is 3. The molecule has 3 nitrogen and oxygen atoms in total. The Morgan fingerprint density at radius 1 is 1.41 bits per heavy atom. The summed E-state index contributed by atoms with van der Waals surface area (Å²) in [6.45, 7) is 6.23. The Hall–Kier alpha value is -0.830. The van der Waals surface area contributed by atoms with Crippen molar-refractivity contribution in [2.45, 2.75) is 51.5 Å². The van der Waals surface area contributed by atoms with Gasteiger partial charge in [-0.1, -0.05) is 13.8 Å². The number of aryl methyl sites for hydroxylation is 1. The molecule has 0 radical (unpaired) electrons. The minimum atomic E-state index is 0.0661. The second-order valence-electron chi connectivity index (χ2n) is 5.30. The average Bonchev–Trinajstić information content (AvgIpc) is 2.22. The normalized spacial score (nSPS) is 17.9. The fourth-order valence-electron chi connectivity index (χ4n) is 2.08. The van der Waals surface area contributed by atoms with Gasteiger partial charge in [-0.05, 0) is 26.2 Å². The summed E-state index contributed by atoms with van der Waals surface area (Å²) in [4.78, 5) is 9.02. The van der Waals surface area contributed by atoms with Crippen molar-refractivity contribution in [3.05, 3.63) is 17.6 Å². The lowest BCUT2D eigenvalue weighted by molar-refractivity contribution is 0.310. The van der Waals surface area contributed by atoms with Crippen LogP contribution in [0, 0.1) is 6.92 Å². The smallest absolute Gasteiger partial charge is 0.133 e. The summed E-state index contributed by atoms with van der Waals surface area (Å²) in [5, 5.41) is 3.49. The molecule has 0 spiro atoms. The molecule has 94 valence electrons. The van der Waals surface area contributed by atoms with Crippen LogP contribution in [0.2, 0.25) is 0 Å². The van der Waals surface area contributed by atoms with E-state index in [0.717, 1.165) is 30.2 Å². The minimum absolute atomic E-state index is 0.0661. The lowest BCUT2D eigenvalue weighted by Crippen LogP contribution is -2.47. The number of rotatable bonds is 4. The van der Waals surface area contributed by atoms with E-state index < -0.39 is 0 Å². The lowest BCUT2D eigenvalue weighted by Gasteiger charge is -2.41. The Balaban J connectivity index is 2.20. The monoisotopic (exact) mass is 253 g/mol.